The highest BCUT2D eigenvalue weighted by molar-refractivity contribution is 9.10. The van der Waals surface area contributed by atoms with E-state index in [1.54, 1.807) is 12.4 Å². The lowest BCUT2D eigenvalue weighted by Crippen LogP contribution is -2.22. The van der Waals surface area contributed by atoms with Crippen molar-refractivity contribution in [2.75, 3.05) is 0 Å². The number of benzene rings is 1. The highest BCUT2D eigenvalue weighted by atomic mass is 79.9. The zero-order chi connectivity index (χ0) is 14.5. The summed E-state index contributed by atoms with van der Waals surface area (Å²) in [5.74, 6) is 1.23. The molecule has 0 saturated carbocycles. The van der Waals surface area contributed by atoms with Crippen LogP contribution in [0.1, 0.15) is 25.1 Å². The molecule has 0 spiro atoms. The van der Waals surface area contributed by atoms with Crippen molar-refractivity contribution in [1.29, 1.82) is 0 Å². The summed E-state index contributed by atoms with van der Waals surface area (Å²) in [7, 11) is 0. The van der Waals surface area contributed by atoms with Crippen LogP contribution in [0.15, 0.2) is 35.1 Å². The van der Waals surface area contributed by atoms with Gasteiger partial charge in [0, 0.05) is 18.8 Å². The van der Waals surface area contributed by atoms with Crippen LogP contribution in [-0.2, 0) is 6.54 Å². The Hall–Kier alpha value is -1.46. The van der Waals surface area contributed by atoms with Gasteiger partial charge in [0.25, 0.3) is 0 Å². The summed E-state index contributed by atoms with van der Waals surface area (Å²) in [6.45, 7) is 6.90. The standard InChI is InChI=1S/C15H18BrN3O/c1-10(2)18-8-12-7-17-9-15(19-12)20-14-5-4-11(3)6-13(14)16/h4-7,9-10,18H,8H2,1-3H3. The van der Waals surface area contributed by atoms with Crippen LogP contribution >= 0.6 is 15.9 Å². The number of aryl methyl sites for hydroxylation is 1. The number of ether oxygens (including phenoxy) is 1. The molecule has 106 valence electrons. The van der Waals surface area contributed by atoms with Crippen molar-refractivity contribution in [1.82, 2.24) is 15.3 Å². The lowest BCUT2D eigenvalue weighted by Gasteiger charge is -2.10. The van der Waals surface area contributed by atoms with Crippen molar-refractivity contribution in [2.24, 2.45) is 0 Å². The van der Waals surface area contributed by atoms with Crippen LogP contribution in [0, 0.1) is 6.92 Å². The molecule has 20 heavy (non-hydrogen) atoms. The summed E-state index contributed by atoms with van der Waals surface area (Å²) in [5.41, 5.74) is 2.03. The number of aromatic nitrogens is 2. The molecule has 0 aliphatic carbocycles. The van der Waals surface area contributed by atoms with Crippen molar-refractivity contribution in [2.45, 2.75) is 33.4 Å². The van der Waals surface area contributed by atoms with E-state index in [0.29, 0.717) is 18.5 Å². The molecule has 2 rings (SSSR count). The number of hydrogen-bond acceptors (Lipinski definition) is 4. The maximum absolute atomic E-state index is 5.76. The molecule has 1 N–H and O–H groups in total. The first-order valence-corrected chi connectivity index (χ1v) is 7.32. The molecule has 0 fully saturated rings. The predicted octanol–water partition coefficient (Wildman–Crippen LogP) is 3.84. The fourth-order valence-corrected chi connectivity index (χ4v) is 2.20. The minimum Gasteiger partial charge on any atom is -0.436 e. The maximum atomic E-state index is 5.76. The van der Waals surface area contributed by atoms with Gasteiger partial charge in [0.05, 0.1) is 16.4 Å². The summed E-state index contributed by atoms with van der Waals surface area (Å²) >= 11 is 3.49. The fourth-order valence-electron chi connectivity index (χ4n) is 1.63. The smallest absolute Gasteiger partial charge is 0.238 e. The SMILES string of the molecule is Cc1ccc(Oc2cncc(CNC(C)C)n2)c(Br)c1. The Kier molecular flexibility index (Phi) is 5.09. The van der Waals surface area contributed by atoms with E-state index in [9.17, 15) is 0 Å². The summed E-state index contributed by atoms with van der Waals surface area (Å²) in [6.07, 6.45) is 3.36. The van der Waals surface area contributed by atoms with Crippen molar-refractivity contribution in [3.05, 3.63) is 46.3 Å². The highest BCUT2D eigenvalue weighted by Crippen LogP contribution is 2.29. The van der Waals surface area contributed by atoms with E-state index in [4.69, 9.17) is 4.74 Å². The van der Waals surface area contributed by atoms with Crippen LogP contribution in [0.3, 0.4) is 0 Å². The Morgan fingerprint density at radius 3 is 2.80 bits per heavy atom. The quantitative estimate of drug-likeness (QED) is 0.901. The lowest BCUT2D eigenvalue weighted by molar-refractivity contribution is 0.452. The molecule has 0 aliphatic heterocycles. The average molecular weight is 336 g/mol. The van der Waals surface area contributed by atoms with Crippen molar-refractivity contribution < 1.29 is 4.74 Å². The first-order chi connectivity index (χ1) is 9.54. The molecule has 4 nitrogen and oxygen atoms in total. The minimum atomic E-state index is 0.410. The van der Waals surface area contributed by atoms with Crippen LogP contribution in [-0.4, -0.2) is 16.0 Å². The van der Waals surface area contributed by atoms with Gasteiger partial charge in [-0.3, -0.25) is 4.98 Å². The molecule has 0 radical (unpaired) electrons. The van der Waals surface area contributed by atoms with E-state index in [0.717, 1.165) is 15.9 Å². The van der Waals surface area contributed by atoms with Gasteiger partial charge in [0.2, 0.25) is 5.88 Å². The molecule has 1 aromatic heterocycles. The molecule has 0 bridgehead atoms. The van der Waals surface area contributed by atoms with Gasteiger partial charge in [-0.25, -0.2) is 4.98 Å². The summed E-state index contributed by atoms with van der Waals surface area (Å²) < 4.78 is 6.67. The monoisotopic (exact) mass is 335 g/mol. The van der Waals surface area contributed by atoms with Gasteiger partial charge >= 0.3 is 0 Å². The van der Waals surface area contributed by atoms with E-state index < -0.39 is 0 Å². The Bertz CT molecular complexity index is 587. The van der Waals surface area contributed by atoms with Crippen LogP contribution < -0.4 is 10.1 Å². The van der Waals surface area contributed by atoms with Crippen LogP contribution in [0.5, 0.6) is 11.6 Å². The normalized spacial score (nSPS) is 10.8. The Labute approximate surface area is 127 Å². The van der Waals surface area contributed by atoms with Crippen LogP contribution in [0.4, 0.5) is 0 Å². The summed E-state index contributed by atoms with van der Waals surface area (Å²) in [4.78, 5) is 8.60. The van der Waals surface area contributed by atoms with E-state index in [1.165, 1.54) is 5.56 Å². The second-order valence-corrected chi connectivity index (χ2v) is 5.77. The summed E-state index contributed by atoms with van der Waals surface area (Å²) in [6, 6.07) is 6.33. The van der Waals surface area contributed by atoms with Gasteiger partial charge in [-0.05, 0) is 40.5 Å². The van der Waals surface area contributed by atoms with E-state index in [1.807, 2.05) is 25.1 Å². The van der Waals surface area contributed by atoms with Gasteiger partial charge in [0.15, 0.2) is 0 Å². The topological polar surface area (TPSA) is 47.0 Å². The molecule has 1 aromatic carbocycles. The van der Waals surface area contributed by atoms with Gasteiger partial charge in [0.1, 0.15) is 5.75 Å². The first kappa shape index (κ1) is 14.9. The predicted molar refractivity (Wildman–Crippen MR) is 83.0 cm³/mol. The molecule has 0 unspecified atom stereocenters. The molecular formula is C15H18BrN3O. The molecule has 0 aliphatic rings. The van der Waals surface area contributed by atoms with Gasteiger partial charge in [-0.1, -0.05) is 19.9 Å². The van der Waals surface area contributed by atoms with Crippen LogP contribution in [0.25, 0.3) is 0 Å². The third kappa shape index (κ3) is 4.28. The van der Waals surface area contributed by atoms with E-state index in [2.05, 4.69) is 45.1 Å². The minimum absolute atomic E-state index is 0.410. The molecule has 2 aromatic rings. The van der Waals surface area contributed by atoms with Crippen molar-refractivity contribution in [3.63, 3.8) is 0 Å². The molecule has 0 atom stereocenters. The summed E-state index contributed by atoms with van der Waals surface area (Å²) in [5, 5.41) is 3.30. The first-order valence-electron chi connectivity index (χ1n) is 6.53. The Balaban J connectivity index is 2.11. The third-order valence-electron chi connectivity index (χ3n) is 2.66. The molecule has 5 heteroatoms. The second-order valence-electron chi connectivity index (χ2n) is 4.92. The Morgan fingerprint density at radius 2 is 2.10 bits per heavy atom. The van der Waals surface area contributed by atoms with Crippen LogP contribution in [0.2, 0.25) is 0 Å². The van der Waals surface area contributed by atoms with Crippen molar-refractivity contribution in [3.8, 4) is 11.6 Å². The highest BCUT2D eigenvalue weighted by Gasteiger charge is 2.06. The molecule has 0 amide bonds. The second kappa shape index (κ2) is 6.81. The van der Waals surface area contributed by atoms with E-state index in [-0.39, 0.29) is 0 Å². The number of nitrogens with one attached hydrogen (secondary N) is 1. The van der Waals surface area contributed by atoms with Gasteiger partial charge in [-0.15, -0.1) is 0 Å². The third-order valence-corrected chi connectivity index (χ3v) is 3.28. The van der Waals surface area contributed by atoms with E-state index >= 15 is 0 Å². The maximum Gasteiger partial charge on any atom is 0.238 e. The van der Waals surface area contributed by atoms with Crippen molar-refractivity contribution >= 4 is 15.9 Å². The zero-order valence-corrected chi connectivity index (χ0v) is 13.4. The number of rotatable bonds is 5. The average Bonchev–Trinajstić information content (AvgIpc) is 2.40. The largest absolute Gasteiger partial charge is 0.436 e. The van der Waals surface area contributed by atoms with Gasteiger partial charge < -0.3 is 10.1 Å². The Morgan fingerprint density at radius 1 is 1.30 bits per heavy atom. The fraction of sp³-hybridized carbons (Fsp3) is 0.333. The number of nitrogens with zero attached hydrogens (tertiary/aromatic N) is 2. The number of halogens is 1. The molecular weight excluding hydrogens is 318 g/mol. The lowest BCUT2D eigenvalue weighted by atomic mass is 10.2. The molecule has 0 saturated heterocycles. The zero-order valence-electron chi connectivity index (χ0n) is 11.9. The molecule has 1 heterocycles. The number of hydrogen-bond donors (Lipinski definition) is 1. The van der Waals surface area contributed by atoms with Gasteiger partial charge in [-0.2, -0.15) is 0 Å².